The third kappa shape index (κ3) is 5.99. The smallest absolute Gasteiger partial charge is 0.251 e. The van der Waals surface area contributed by atoms with E-state index in [0.29, 0.717) is 6.54 Å². The molecule has 0 saturated carbocycles. The first-order valence-electron chi connectivity index (χ1n) is 11.1. The van der Waals surface area contributed by atoms with Gasteiger partial charge in [0.25, 0.3) is 5.91 Å². The van der Waals surface area contributed by atoms with Gasteiger partial charge in [0.05, 0.1) is 6.54 Å². The number of amides is 1. The van der Waals surface area contributed by atoms with Crippen LogP contribution >= 0.6 is 11.8 Å². The minimum absolute atomic E-state index is 0.0160. The van der Waals surface area contributed by atoms with Crippen molar-refractivity contribution in [2.45, 2.75) is 32.2 Å². The molecular formula is C27H31N2OS+. The largest absolute Gasteiger partial charge is 0.351 e. The first-order valence-corrected chi connectivity index (χ1v) is 12.2. The van der Waals surface area contributed by atoms with E-state index in [0.717, 1.165) is 36.6 Å². The van der Waals surface area contributed by atoms with E-state index in [1.54, 1.807) is 4.90 Å². The zero-order chi connectivity index (χ0) is 21.5. The fourth-order valence-corrected chi connectivity index (χ4v) is 5.08. The number of benzene rings is 3. The maximum atomic E-state index is 12.4. The van der Waals surface area contributed by atoms with Gasteiger partial charge in [0.1, 0.15) is 13.1 Å². The zero-order valence-corrected chi connectivity index (χ0v) is 19.0. The maximum absolute atomic E-state index is 12.4. The molecule has 0 fully saturated rings. The third-order valence-corrected chi connectivity index (χ3v) is 7.04. The van der Waals surface area contributed by atoms with Crippen molar-refractivity contribution in [3.8, 4) is 0 Å². The molecule has 3 nitrogen and oxygen atoms in total. The number of quaternary nitrogens is 1. The van der Waals surface area contributed by atoms with Gasteiger partial charge in [0.15, 0.2) is 0 Å². The summed E-state index contributed by atoms with van der Waals surface area (Å²) in [7, 11) is 0. The summed E-state index contributed by atoms with van der Waals surface area (Å²) in [5.41, 5.74) is 7.70. The minimum Gasteiger partial charge on any atom is -0.351 e. The molecule has 0 aliphatic carbocycles. The van der Waals surface area contributed by atoms with Gasteiger partial charge in [0.2, 0.25) is 0 Å². The monoisotopic (exact) mass is 431 g/mol. The van der Waals surface area contributed by atoms with Crippen molar-refractivity contribution in [2.24, 2.45) is 0 Å². The van der Waals surface area contributed by atoms with Gasteiger partial charge in [-0.3, -0.25) is 4.79 Å². The normalized spacial score (nSPS) is 15.3. The van der Waals surface area contributed by atoms with Crippen molar-refractivity contribution in [2.75, 3.05) is 18.8 Å². The highest BCUT2D eigenvalue weighted by Crippen LogP contribution is 2.15. The molecular weight excluding hydrogens is 400 g/mol. The standard InChI is InChI=1S/C27H30N2OS/c1-21-6-2-3-9-26(21)20-31-17-15-28-27(30)24-12-10-22(11-13-24)18-29-16-14-23-7-4-5-8-25(23)19-29/h2-13H,14-20H2,1H3,(H,28,30)/p+1. The van der Waals surface area contributed by atoms with Crippen LogP contribution in [0.25, 0.3) is 0 Å². The summed E-state index contributed by atoms with van der Waals surface area (Å²) in [6, 6.07) is 25.4. The molecule has 3 aromatic rings. The molecule has 0 aromatic heterocycles. The molecule has 1 amide bonds. The van der Waals surface area contributed by atoms with E-state index in [1.165, 1.54) is 34.4 Å². The van der Waals surface area contributed by atoms with E-state index >= 15 is 0 Å². The molecule has 0 saturated heterocycles. The number of carbonyl (C=O) groups is 1. The molecule has 0 spiro atoms. The summed E-state index contributed by atoms with van der Waals surface area (Å²) in [6.45, 7) is 6.09. The fraction of sp³-hybridized carbons (Fsp3) is 0.296. The van der Waals surface area contributed by atoms with Crippen LogP contribution in [0.5, 0.6) is 0 Å². The van der Waals surface area contributed by atoms with Crippen LogP contribution < -0.4 is 10.2 Å². The van der Waals surface area contributed by atoms with Gasteiger partial charge in [-0.05, 0) is 35.7 Å². The van der Waals surface area contributed by atoms with Gasteiger partial charge in [-0.15, -0.1) is 0 Å². The Morgan fingerprint density at radius 2 is 1.71 bits per heavy atom. The Hall–Kier alpha value is -2.56. The lowest BCUT2D eigenvalue weighted by Gasteiger charge is -2.26. The third-order valence-electron chi connectivity index (χ3n) is 6.03. The number of hydrogen-bond donors (Lipinski definition) is 2. The molecule has 2 N–H and O–H groups in total. The van der Waals surface area contributed by atoms with Gasteiger partial charge in [-0.25, -0.2) is 0 Å². The van der Waals surface area contributed by atoms with E-state index in [2.05, 4.69) is 72.9 Å². The topological polar surface area (TPSA) is 33.5 Å². The highest BCUT2D eigenvalue weighted by Gasteiger charge is 2.19. The SMILES string of the molecule is Cc1ccccc1CSCCNC(=O)c1ccc(C[NH+]2CCc3ccccc3C2)cc1. The summed E-state index contributed by atoms with van der Waals surface area (Å²) in [5, 5.41) is 3.05. The summed E-state index contributed by atoms with van der Waals surface area (Å²) >= 11 is 1.86. The number of hydrogen-bond acceptors (Lipinski definition) is 2. The molecule has 4 rings (SSSR count). The molecule has 1 atom stereocenters. The van der Waals surface area contributed by atoms with E-state index < -0.39 is 0 Å². The van der Waals surface area contributed by atoms with Crippen LogP contribution in [0.1, 0.15) is 38.2 Å². The molecule has 4 heteroatoms. The van der Waals surface area contributed by atoms with E-state index in [-0.39, 0.29) is 5.91 Å². The van der Waals surface area contributed by atoms with Gasteiger partial charge < -0.3 is 10.2 Å². The Morgan fingerprint density at radius 3 is 2.52 bits per heavy atom. The van der Waals surface area contributed by atoms with Gasteiger partial charge in [-0.2, -0.15) is 11.8 Å². The first kappa shape index (κ1) is 21.7. The summed E-state index contributed by atoms with van der Waals surface area (Å²) in [6.07, 6.45) is 1.15. The lowest BCUT2D eigenvalue weighted by molar-refractivity contribution is -0.929. The number of fused-ring (bicyclic) bond motifs is 1. The zero-order valence-electron chi connectivity index (χ0n) is 18.2. The lowest BCUT2D eigenvalue weighted by Crippen LogP contribution is -3.10. The Balaban J connectivity index is 1.20. The van der Waals surface area contributed by atoms with Crippen LogP contribution in [0, 0.1) is 6.92 Å². The van der Waals surface area contributed by atoms with Crippen molar-refractivity contribution < 1.29 is 9.69 Å². The molecule has 1 heterocycles. The number of carbonyl (C=O) groups excluding carboxylic acids is 1. The van der Waals surface area contributed by atoms with Gasteiger partial charge in [-0.1, -0.05) is 60.7 Å². The van der Waals surface area contributed by atoms with Crippen LogP contribution in [-0.4, -0.2) is 24.7 Å². The second-order valence-electron chi connectivity index (χ2n) is 8.30. The van der Waals surface area contributed by atoms with Crippen LogP contribution in [0.2, 0.25) is 0 Å². The summed E-state index contributed by atoms with van der Waals surface area (Å²) in [5.74, 6) is 1.92. The maximum Gasteiger partial charge on any atom is 0.251 e. The number of thioether (sulfide) groups is 1. The predicted octanol–water partition coefficient (Wildman–Crippen LogP) is 3.80. The first-order chi connectivity index (χ1) is 15.2. The average molecular weight is 432 g/mol. The highest BCUT2D eigenvalue weighted by atomic mass is 32.2. The predicted molar refractivity (Wildman–Crippen MR) is 129 cm³/mol. The van der Waals surface area contributed by atoms with Crippen LogP contribution in [0.3, 0.4) is 0 Å². The quantitative estimate of drug-likeness (QED) is 0.532. The number of aryl methyl sites for hydroxylation is 1. The molecule has 160 valence electrons. The lowest BCUT2D eigenvalue weighted by atomic mass is 9.99. The van der Waals surface area contributed by atoms with Crippen molar-refractivity contribution in [3.63, 3.8) is 0 Å². The second-order valence-corrected chi connectivity index (χ2v) is 9.41. The molecule has 1 unspecified atom stereocenters. The molecule has 1 aliphatic rings. The minimum atomic E-state index is 0.0160. The Morgan fingerprint density at radius 1 is 0.968 bits per heavy atom. The van der Waals surface area contributed by atoms with Crippen molar-refractivity contribution >= 4 is 17.7 Å². The molecule has 31 heavy (non-hydrogen) atoms. The average Bonchev–Trinajstić information content (AvgIpc) is 2.80. The van der Waals surface area contributed by atoms with E-state index in [1.807, 2.05) is 23.9 Å². The fourth-order valence-electron chi connectivity index (χ4n) is 4.15. The molecule has 3 aromatic carbocycles. The Labute approximate surface area is 189 Å². The van der Waals surface area contributed by atoms with Crippen LogP contribution in [-0.2, 0) is 25.3 Å². The number of nitrogens with one attached hydrogen (secondary N) is 2. The van der Waals surface area contributed by atoms with E-state index in [9.17, 15) is 4.79 Å². The van der Waals surface area contributed by atoms with Crippen molar-refractivity contribution in [3.05, 3.63) is 106 Å². The van der Waals surface area contributed by atoms with E-state index in [4.69, 9.17) is 0 Å². The number of rotatable bonds is 8. The summed E-state index contributed by atoms with van der Waals surface area (Å²) < 4.78 is 0. The van der Waals surface area contributed by atoms with Crippen LogP contribution in [0.15, 0.2) is 72.8 Å². The molecule has 0 radical (unpaired) electrons. The molecule has 1 aliphatic heterocycles. The Bertz CT molecular complexity index is 1020. The molecule has 0 bridgehead atoms. The van der Waals surface area contributed by atoms with Crippen molar-refractivity contribution in [1.29, 1.82) is 0 Å². The van der Waals surface area contributed by atoms with Gasteiger partial charge >= 0.3 is 0 Å². The second kappa shape index (κ2) is 10.7. The Kier molecular flexibility index (Phi) is 7.44. The highest BCUT2D eigenvalue weighted by molar-refractivity contribution is 7.98. The van der Waals surface area contributed by atoms with Gasteiger partial charge in [0, 0.05) is 41.2 Å². The van der Waals surface area contributed by atoms with Crippen molar-refractivity contribution in [1.82, 2.24) is 5.32 Å². The summed E-state index contributed by atoms with van der Waals surface area (Å²) in [4.78, 5) is 14.0. The van der Waals surface area contributed by atoms with Crippen LogP contribution in [0.4, 0.5) is 0 Å².